The second kappa shape index (κ2) is 6.08. The summed E-state index contributed by atoms with van der Waals surface area (Å²) in [7, 11) is 0. The van der Waals surface area contributed by atoms with Crippen LogP contribution in [0.2, 0.25) is 0 Å². The standard InChI is InChI=1S/C15H18BrN3O3/c1-9(2)17-12(20)8-19-13(21)15(3,18-14(19)22)10-5-4-6-11(16)7-10/h4-7,9H,8H2,1-3H3,(H,17,20)(H,18,22). The SMILES string of the molecule is CC(C)NC(=O)CN1C(=O)NC(C)(c2cccc(Br)c2)C1=O. The summed E-state index contributed by atoms with van der Waals surface area (Å²) < 4.78 is 0.810. The topological polar surface area (TPSA) is 78.5 Å². The number of nitrogens with zero attached hydrogens (tertiary/aromatic N) is 1. The van der Waals surface area contributed by atoms with Gasteiger partial charge in [-0.1, -0.05) is 28.1 Å². The van der Waals surface area contributed by atoms with E-state index in [0.717, 1.165) is 9.37 Å². The fraction of sp³-hybridized carbons (Fsp3) is 0.400. The van der Waals surface area contributed by atoms with Gasteiger partial charge >= 0.3 is 6.03 Å². The van der Waals surface area contributed by atoms with Gasteiger partial charge in [-0.15, -0.1) is 0 Å². The van der Waals surface area contributed by atoms with Gasteiger partial charge in [0.25, 0.3) is 5.91 Å². The zero-order valence-electron chi connectivity index (χ0n) is 12.6. The van der Waals surface area contributed by atoms with Crippen molar-refractivity contribution in [2.45, 2.75) is 32.4 Å². The lowest BCUT2D eigenvalue weighted by atomic mass is 9.92. The molecule has 118 valence electrons. The molecule has 1 aliphatic heterocycles. The van der Waals surface area contributed by atoms with Crippen molar-refractivity contribution in [1.82, 2.24) is 15.5 Å². The second-order valence-electron chi connectivity index (χ2n) is 5.68. The van der Waals surface area contributed by atoms with Crippen molar-refractivity contribution in [2.24, 2.45) is 0 Å². The van der Waals surface area contributed by atoms with E-state index in [0.29, 0.717) is 5.56 Å². The van der Waals surface area contributed by atoms with Crippen LogP contribution in [0.4, 0.5) is 4.79 Å². The van der Waals surface area contributed by atoms with Crippen LogP contribution in [-0.4, -0.2) is 35.3 Å². The number of hydrogen-bond donors (Lipinski definition) is 2. The number of amides is 4. The molecule has 1 fully saturated rings. The minimum absolute atomic E-state index is 0.0512. The molecular weight excluding hydrogens is 350 g/mol. The maximum absolute atomic E-state index is 12.6. The van der Waals surface area contributed by atoms with Crippen molar-refractivity contribution < 1.29 is 14.4 Å². The Morgan fingerprint density at radius 3 is 2.68 bits per heavy atom. The predicted octanol–water partition coefficient (Wildman–Crippen LogP) is 1.74. The maximum atomic E-state index is 12.6. The third-order valence-electron chi connectivity index (χ3n) is 3.43. The van der Waals surface area contributed by atoms with E-state index in [2.05, 4.69) is 26.6 Å². The maximum Gasteiger partial charge on any atom is 0.325 e. The van der Waals surface area contributed by atoms with E-state index in [1.54, 1.807) is 25.1 Å². The fourth-order valence-corrected chi connectivity index (χ4v) is 2.75. The lowest BCUT2D eigenvalue weighted by Gasteiger charge is -2.22. The number of nitrogens with one attached hydrogen (secondary N) is 2. The van der Waals surface area contributed by atoms with Gasteiger partial charge < -0.3 is 10.6 Å². The van der Waals surface area contributed by atoms with E-state index in [9.17, 15) is 14.4 Å². The van der Waals surface area contributed by atoms with E-state index >= 15 is 0 Å². The number of benzene rings is 1. The highest BCUT2D eigenvalue weighted by Gasteiger charge is 2.49. The fourth-order valence-electron chi connectivity index (χ4n) is 2.35. The molecule has 1 aromatic rings. The highest BCUT2D eigenvalue weighted by molar-refractivity contribution is 9.10. The molecule has 1 unspecified atom stereocenters. The molecule has 7 heteroatoms. The third kappa shape index (κ3) is 3.14. The van der Waals surface area contributed by atoms with E-state index in [-0.39, 0.29) is 18.5 Å². The number of hydrogen-bond acceptors (Lipinski definition) is 3. The van der Waals surface area contributed by atoms with Gasteiger partial charge in [-0.2, -0.15) is 0 Å². The van der Waals surface area contributed by atoms with Gasteiger partial charge in [0.05, 0.1) is 0 Å². The molecule has 2 rings (SSSR count). The average Bonchev–Trinajstić information content (AvgIpc) is 2.63. The number of carbonyl (C=O) groups excluding carboxylic acids is 3. The molecule has 1 heterocycles. The van der Waals surface area contributed by atoms with Gasteiger partial charge in [-0.3, -0.25) is 14.5 Å². The first-order valence-corrected chi connectivity index (χ1v) is 7.73. The van der Waals surface area contributed by atoms with Gasteiger partial charge in [0, 0.05) is 10.5 Å². The molecular formula is C15H18BrN3O3. The number of rotatable bonds is 4. The van der Waals surface area contributed by atoms with Gasteiger partial charge in [0.15, 0.2) is 0 Å². The molecule has 1 aromatic carbocycles. The highest BCUT2D eigenvalue weighted by atomic mass is 79.9. The van der Waals surface area contributed by atoms with E-state index < -0.39 is 17.5 Å². The quantitative estimate of drug-likeness (QED) is 0.795. The predicted molar refractivity (Wildman–Crippen MR) is 85.0 cm³/mol. The summed E-state index contributed by atoms with van der Waals surface area (Å²) in [5.74, 6) is -0.800. The molecule has 1 saturated heterocycles. The number of halogens is 1. The van der Waals surface area contributed by atoms with Crippen LogP contribution >= 0.6 is 15.9 Å². The van der Waals surface area contributed by atoms with Crippen LogP contribution in [0.5, 0.6) is 0 Å². The first kappa shape index (κ1) is 16.5. The van der Waals surface area contributed by atoms with Crippen LogP contribution in [-0.2, 0) is 15.1 Å². The third-order valence-corrected chi connectivity index (χ3v) is 3.92. The van der Waals surface area contributed by atoms with Crippen LogP contribution in [0.3, 0.4) is 0 Å². The molecule has 0 radical (unpaired) electrons. The Morgan fingerprint density at radius 1 is 1.41 bits per heavy atom. The van der Waals surface area contributed by atoms with Crippen molar-refractivity contribution in [1.29, 1.82) is 0 Å². The summed E-state index contributed by atoms with van der Waals surface area (Å²) in [6.45, 7) is 4.98. The summed E-state index contributed by atoms with van der Waals surface area (Å²) in [5.41, 5.74) is -0.508. The summed E-state index contributed by atoms with van der Waals surface area (Å²) in [4.78, 5) is 37.5. The van der Waals surface area contributed by atoms with Crippen molar-refractivity contribution >= 4 is 33.8 Å². The Labute approximate surface area is 137 Å². The minimum Gasteiger partial charge on any atom is -0.352 e. The van der Waals surface area contributed by atoms with E-state index in [1.165, 1.54) is 0 Å². The molecule has 6 nitrogen and oxygen atoms in total. The molecule has 4 amide bonds. The monoisotopic (exact) mass is 367 g/mol. The van der Waals surface area contributed by atoms with Crippen LogP contribution < -0.4 is 10.6 Å². The Hall–Kier alpha value is -1.89. The molecule has 1 aliphatic rings. The van der Waals surface area contributed by atoms with Gasteiger partial charge in [0.2, 0.25) is 5.91 Å². The molecule has 0 saturated carbocycles. The normalized spacial score (nSPS) is 21.2. The first-order chi connectivity index (χ1) is 10.2. The van der Waals surface area contributed by atoms with Gasteiger partial charge in [-0.25, -0.2) is 4.79 Å². The first-order valence-electron chi connectivity index (χ1n) is 6.93. The minimum atomic E-state index is -1.17. The number of imide groups is 1. The zero-order valence-corrected chi connectivity index (χ0v) is 14.2. The van der Waals surface area contributed by atoms with Gasteiger partial charge in [0.1, 0.15) is 12.1 Å². The molecule has 0 aromatic heterocycles. The zero-order chi connectivity index (χ0) is 16.5. The largest absolute Gasteiger partial charge is 0.352 e. The van der Waals surface area contributed by atoms with Crippen LogP contribution in [0.1, 0.15) is 26.3 Å². The average molecular weight is 368 g/mol. The molecule has 0 bridgehead atoms. The van der Waals surface area contributed by atoms with Crippen LogP contribution in [0.15, 0.2) is 28.7 Å². The Morgan fingerprint density at radius 2 is 2.09 bits per heavy atom. The molecule has 0 spiro atoms. The van der Waals surface area contributed by atoms with E-state index in [1.807, 2.05) is 19.9 Å². The highest BCUT2D eigenvalue weighted by Crippen LogP contribution is 2.30. The Kier molecular flexibility index (Phi) is 4.55. The lowest BCUT2D eigenvalue weighted by molar-refractivity contribution is -0.135. The van der Waals surface area contributed by atoms with Crippen LogP contribution in [0.25, 0.3) is 0 Å². The van der Waals surface area contributed by atoms with Crippen molar-refractivity contribution in [2.75, 3.05) is 6.54 Å². The second-order valence-corrected chi connectivity index (χ2v) is 6.59. The van der Waals surface area contributed by atoms with Crippen LogP contribution in [0, 0.1) is 0 Å². The lowest BCUT2D eigenvalue weighted by Crippen LogP contribution is -2.44. The molecule has 2 N–H and O–H groups in total. The molecule has 22 heavy (non-hydrogen) atoms. The van der Waals surface area contributed by atoms with Crippen molar-refractivity contribution in [3.8, 4) is 0 Å². The number of urea groups is 1. The molecule has 0 aliphatic carbocycles. The van der Waals surface area contributed by atoms with Crippen molar-refractivity contribution in [3.63, 3.8) is 0 Å². The van der Waals surface area contributed by atoms with Crippen molar-refractivity contribution in [3.05, 3.63) is 34.3 Å². The Balaban J connectivity index is 2.23. The molecule has 1 atom stereocenters. The summed E-state index contributed by atoms with van der Waals surface area (Å²) in [6, 6.07) is 6.55. The van der Waals surface area contributed by atoms with Gasteiger partial charge in [-0.05, 0) is 38.5 Å². The van der Waals surface area contributed by atoms with E-state index in [4.69, 9.17) is 0 Å². The summed E-state index contributed by atoms with van der Waals surface area (Å²) in [6.07, 6.45) is 0. The summed E-state index contributed by atoms with van der Waals surface area (Å²) >= 11 is 3.35. The summed E-state index contributed by atoms with van der Waals surface area (Å²) in [5, 5.41) is 5.34. The Bertz CT molecular complexity index is 632. The smallest absolute Gasteiger partial charge is 0.325 e. The number of carbonyl (C=O) groups is 3.